The summed E-state index contributed by atoms with van der Waals surface area (Å²) in [5.74, 6) is -1.58. The Labute approximate surface area is 124 Å². The van der Waals surface area contributed by atoms with Gasteiger partial charge in [0, 0.05) is 10.5 Å². The molecule has 0 aliphatic carbocycles. The molecule has 0 aromatic rings. The summed E-state index contributed by atoms with van der Waals surface area (Å²) in [6.45, 7) is 4.88. The van der Waals surface area contributed by atoms with Gasteiger partial charge in [-0.1, -0.05) is 13.8 Å². The first-order valence-corrected chi connectivity index (χ1v) is 6.64. The van der Waals surface area contributed by atoms with Crippen LogP contribution in [0.3, 0.4) is 0 Å². The highest BCUT2D eigenvalue weighted by atomic mass is 32.1. The summed E-state index contributed by atoms with van der Waals surface area (Å²) in [4.78, 5) is 19.5. The summed E-state index contributed by atoms with van der Waals surface area (Å²) in [5, 5.41) is 32.0. The van der Waals surface area contributed by atoms with Crippen molar-refractivity contribution in [1.29, 1.82) is 0 Å². The molecule has 8 heteroatoms. The third-order valence-electron chi connectivity index (χ3n) is 1.20. The van der Waals surface area contributed by atoms with Crippen molar-refractivity contribution >= 4 is 37.2 Å². The Morgan fingerprint density at radius 3 is 1.16 bits per heavy atom. The molecule has 0 spiro atoms. The molecule has 3 unspecified atom stereocenters. The molecule has 0 bridgehead atoms. The van der Waals surface area contributed by atoms with Gasteiger partial charge in [-0.25, -0.2) is 0 Å². The fourth-order valence-corrected chi connectivity index (χ4v) is 0.818. The average Bonchev–Trinajstić information content (AvgIpc) is 2.14. The van der Waals surface area contributed by atoms with Crippen LogP contribution in [0.4, 0.5) is 0 Å². The lowest BCUT2D eigenvalue weighted by molar-refractivity contribution is -0.137. The molecular formula is C11H24O6S2. The van der Waals surface area contributed by atoms with Gasteiger partial charge in [0.15, 0.2) is 0 Å². The van der Waals surface area contributed by atoms with Crippen molar-refractivity contribution in [2.24, 2.45) is 0 Å². The number of aliphatic hydroxyl groups excluding tert-OH is 2. The van der Waals surface area contributed by atoms with Gasteiger partial charge in [-0.3, -0.25) is 9.59 Å². The highest BCUT2D eigenvalue weighted by molar-refractivity contribution is 7.81. The van der Waals surface area contributed by atoms with E-state index in [0.29, 0.717) is 0 Å². The molecule has 3 atom stereocenters. The molecule has 6 nitrogen and oxygen atoms in total. The zero-order valence-corrected chi connectivity index (χ0v) is 13.1. The van der Waals surface area contributed by atoms with Gasteiger partial charge in [0.05, 0.1) is 25.6 Å². The number of carbonyl (C=O) groups is 2. The third-order valence-corrected chi connectivity index (χ3v) is 1.57. The smallest absolute Gasteiger partial charge is 0.304 e. The van der Waals surface area contributed by atoms with Crippen LogP contribution in [0.5, 0.6) is 0 Å². The minimum atomic E-state index is -0.789. The van der Waals surface area contributed by atoms with Crippen LogP contribution in [-0.4, -0.2) is 55.6 Å². The molecule has 0 heterocycles. The number of aliphatic hydroxyl groups is 2. The molecule has 19 heavy (non-hydrogen) atoms. The quantitative estimate of drug-likeness (QED) is 0.420. The maximum Gasteiger partial charge on any atom is 0.304 e. The van der Waals surface area contributed by atoms with E-state index < -0.39 is 18.0 Å². The molecular weight excluding hydrogens is 292 g/mol. The SMILES string of the molecule is CC(O)CO.CC(S)CC(=O)O.CC(S)CC(=O)O. The Hall–Kier alpha value is -0.440. The summed E-state index contributed by atoms with van der Waals surface area (Å²) in [5.41, 5.74) is 0. The summed E-state index contributed by atoms with van der Waals surface area (Å²) < 4.78 is 0. The Morgan fingerprint density at radius 2 is 1.16 bits per heavy atom. The van der Waals surface area contributed by atoms with Crippen LogP contribution in [0.25, 0.3) is 0 Å². The molecule has 0 aromatic carbocycles. The topological polar surface area (TPSA) is 115 Å². The summed E-state index contributed by atoms with van der Waals surface area (Å²) in [7, 11) is 0. The van der Waals surface area contributed by atoms with Gasteiger partial charge in [0.2, 0.25) is 0 Å². The molecule has 0 aromatic heterocycles. The van der Waals surface area contributed by atoms with Gasteiger partial charge in [-0.15, -0.1) is 0 Å². The van der Waals surface area contributed by atoms with Crippen molar-refractivity contribution in [2.75, 3.05) is 6.61 Å². The van der Waals surface area contributed by atoms with E-state index in [1.807, 2.05) is 0 Å². The summed E-state index contributed by atoms with van der Waals surface area (Å²) in [6.07, 6.45) is -0.276. The van der Waals surface area contributed by atoms with Crippen LogP contribution >= 0.6 is 25.3 Å². The minimum absolute atomic E-state index is 0.0301. The van der Waals surface area contributed by atoms with Crippen LogP contribution in [0.2, 0.25) is 0 Å². The lowest BCUT2D eigenvalue weighted by atomic mass is 10.3. The van der Waals surface area contributed by atoms with E-state index in [9.17, 15) is 9.59 Å². The number of carboxylic acids is 2. The molecule has 0 rings (SSSR count). The van der Waals surface area contributed by atoms with Crippen LogP contribution in [0.1, 0.15) is 33.6 Å². The molecule has 0 radical (unpaired) electrons. The second kappa shape index (κ2) is 15.6. The van der Waals surface area contributed by atoms with Crippen molar-refractivity contribution in [1.82, 2.24) is 0 Å². The van der Waals surface area contributed by atoms with Crippen molar-refractivity contribution < 1.29 is 30.0 Å². The molecule has 116 valence electrons. The minimum Gasteiger partial charge on any atom is -0.481 e. The van der Waals surface area contributed by atoms with Crippen molar-refractivity contribution in [2.45, 2.75) is 50.2 Å². The molecule has 0 aliphatic rings. The molecule has 4 N–H and O–H groups in total. The highest BCUT2D eigenvalue weighted by Gasteiger charge is 1.99. The maximum atomic E-state index is 9.76. The fourth-order valence-electron chi connectivity index (χ4n) is 0.505. The van der Waals surface area contributed by atoms with E-state index in [1.165, 1.54) is 6.92 Å². The molecule has 0 saturated carbocycles. The normalized spacial score (nSPS) is 13.8. The van der Waals surface area contributed by atoms with E-state index in [4.69, 9.17) is 20.4 Å². The van der Waals surface area contributed by atoms with E-state index >= 15 is 0 Å². The second-order valence-electron chi connectivity index (χ2n) is 3.93. The Bertz CT molecular complexity index is 211. The lowest BCUT2D eigenvalue weighted by Gasteiger charge is -1.93. The van der Waals surface area contributed by atoms with Gasteiger partial charge in [0.1, 0.15) is 0 Å². The molecule has 0 saturated heterocycles. The zero-order valence-electron chi connectivity index (χ0n) is 11.4. The van der Waals surface area contributed by atoms with Crippen LogP contribution in [-0.2, 0) is 9.59 Å². The van der Waals surface area contributed by atoms with Crippen LogP contribution < -0.4 is 0 Å². The lowest BCUT2D eigenvalue weighted by Crippen LogP contribution is -2.03. The van der Waals surface area contributed by atoms with Crippen molar-refractivity contribution in [3.63, 3.8) is 0 Å². The number of hydrogen-bond donors (Lipinski definition) is 6. The predicted octanol–water partition coefficient (Wildman–Crippen LogP) is 0.918. The molecule has 0 amide bonds. The Morgan fingerprint density at radius 1 is 0.947 bits per heavy atom. The summed E-state index contributed by atoms with van der Waals surface area (Å²) >= 11 is 7.71. The van der Waals surface area contributed by atoms with Gasteiger partial charge in [-0.05, 0) is 6.92 Å². The number of carboxylic acid groups (broad SMARTS) is 2. The molecule has 0 fully saturated rings. The fraction of sp³-hybridized carbons (Fsp3) is 0.818. The third kappa shape index (κ3) is 46.5. The standard InChI is InChI=1S/2C4H8O2S.C3H8O2/c2*1-3(7)2-4(5)6;1-3(5)2-4/h2*3,7H,2H2,1H3,(H,5,6);3-5H,2H2,1H3. The first-order valence-electron chi connectivity index (χ1n) is 5.61. The first kappa shape index (κ1) is 23.6. The summed E-state index contributed by atoms with van der Waals surface area (Å²) in [6, 6.07) is 0. The van der Waals surface area contributed by atoms with Gasteiger partial charge in [0.25, 0.3) is 0 Å². The van der Waals surface area contributed by atoms with Crippen molar-refractivity contribution in [3.05, 3.63) is 0 Å². The highest BCUT2D eigenvalue weighted by Crippen LogP contribution is 1.97. The van der Waals surface area contributed by atoms with Gasteiger partial charge in [-0.2, -0.15) is 25.3 Å². The number of rotatable bonds is 5. The monoisotopic (exact) mass is 316 g/mol. The Balaban J connectivity index is -0.000000206. The number of hydrogen-bond acceptors (Lipinski definition) is 6. The van der Waals surface area contributed by atoms with Crippen LogP contribution in [0.15, 0.2) is 0 Å². The van der Waals surface area contributed by atoms with E-state index in [1.54, 1.807) is 13.8 Å². The zero-order chi connectivity index (χ0) is 16.0. The first-order chi connectivity index (χ1) is 8.52. The number of thiol groups is 2. The molecule has 0 aliphatic heterocycles. The number of aliphatic carboxylic acids is 2. The van der Waals surface area contributed by atoms with E-state index in [2.05, 4.69) is 25.3 Å². The second-order valence-corrected chi connectivity index (χ2v) is 5.69. The van der Waals surface area contributed by atoms with E-state index in [0.717, 1.165) is 0 Å². The largest absolute Gasteiger partial charge is 0.481 e. The van der Waals surface area contributed by atoms with Gasteiger partial charge >= 0.3 is 11.9 Å². The van der Waals surface area contributed by atoms with Gasteiger partial charge < -0.3 is 20.4 Å². The predicted molar refractivity (Wildman–Crippen MR) is 80.2 cm³/mol. The van der Waals surface area contributed by atoms with Crippen LogP contribution in [0, 0.1) is 0 Å². The maximum absolute atomic E-state index is 9.76. The van der Waals surface area contributed by atoms with E-state index in [-0.39, 0.29) is 29.9 Å². The average molecular weight is 316 g/mol. The Kier molecular flexibility index (Phi) is 19.4. The van der Waals surface area contributed by atoms with Crippen molar-refractivity contribution in [3.8, 4) is 0 Å².